The van der Waals surface area contributed by atoms with Gasteiger partial charge in [-0.2, -0.15) is 0 Å². The average Bonchev–Trinajstić information content (AvgIpc) is 2.51. The lowest BCUT2D eigenvalue weighted by molar-refractivity contribution is 0.0806. The van der Waals surface area contributed by atoms with Gasteiger partial charge in [0.25, 0.3) is 0 Å². The van der Waals surface area contributed by atoms with E-state index in [-0.39, 0.29) is 0 Å². The van der Waals surface area contributed by atoms with Crippen LogP contribution in [0.25, 0.3) is 0 Å². The van der Waals surface area contributed by atoms with Crippen molar-refractivity contribution >= 4 is 0 Å². The Morgan fingerprint density at radius 3 is 2.86 bits per heavy atom. The molecule has 0 atom stereocenters. The Balaban J connectivity index is 2.08. The van der Waals surface area contributed by atoms with Gasteiger partial charge in [0.15, 0.2) is 0 Å². The molecule has 1 aromatic heterocycles. The van der Waals surface area contributed by atoms with Crippen molar-refractivity contribution in [1.29, 1.82) is 0 Å². The van der Waals surface area contributed by atoms with Gasteiger partial charge in [-0.3, -0.25) is 0 Å². The zero-order chi connectivity index (χ0) is 10.4. The normalized spacial score (nSPS) is 11.1. The molecule has 1 heterocycles. The van der Waals surface area contributed by atoms with Crippen LogP contribution in [0.1, 0.15) is 19.5 Å². The van der Waals surface area contributed by atoms with Crippen LogP contribution >= 0.6 is 0 Å². The summed E-state index contributed by atoms with van der Waals surface area (Å²) in [5.41, 5.74) is 1.30. The van der Waals surface area contributed by atoms with Gasteiger partial charge in [-0.1, -0.05) is 0 Å². The number of ether oxygens (including phenoxy) is 1. The molecule has 0 unspecified atom stereocenters. The molecule has 0 aromatic carbocycles. The van der Waals surface area contributed by atoms with Crippen LogP contribution in [0.5, 0.6) is 0 Å². The third kappa shape index (κ3) is 3.94. The Hall–Kier alpha value is -0.800. The molecule has 80 valence electrons. The van der Waals surface area contributed by atoms with E-state index >= 15 is 0 Å². The lowest BCUT2D eigenvalue weighted by Gasteiger charge is -2.08. The molecule has 0 saturated heterocycles. The summed E-state index contributed by atoms with van der Waals surface area (Å²) in [5, 5.41) is 3.34. The topological polar surface area (TPSA) is 26.2 Å². The lowest BCUT2D eigenvalue weighted by atomic mass is 10.4. The number of nitrogens with one attached hydrogen (secondary N) is 1. The third-order valence-corrected chi connectivity index (χ3v) is 2.09. The van der Waals surface area contributed by atoms with E-state index in [2.05, 4.69) is 49.1 Å². The molecular weight excluding hydrogens is 176 g/mol. The van der Waals surface area contributed by atoms with E-state index in [9.17, 15) is 0 Å². The van der Waals surface area contributed by atoms with Gasteiger partial charge in [-0.15, -0.1) is 0 Å². The maximum Gasteiger partial charge on any atom is 0.0594 e. The highest BCUT2D eigenvalue weighted by Gasteiger charge is 1.96. The van der Waals surface area contributed by atoms with Crippen LogP contribution in [0.15, 0.2) is 18.3 Å². The number of hydrogen-bond donors (Lipinski definition) is 1. The molecule has 3 nitrogen and oxygen atoms in total. The molecule has 0 aliphatic rings. The first-order valence-electron chi connectivity index (χ1n) is 5.12. The zero-order valence-electron chi connectivity index (χ0n) is 9.29. The zero-order valence-corrected chi connectivity index (χ0v) is 9.29. The maximum atomic E-state index is 5.42. The minimum absolute atomic E-state index is 0.326. The molecule has 1 aromatic rings. The highest BCUT2D eigenvalue weighted by Crippen LogP contribution is 1.97. The Labute approximate surface area is 86.1 Å². The van der Waals surface area contributed by atoms with Crippen molar-refractivity contribution in [3.63, 3.8) is 0 Å². The molecule has 0 aliphatic carbocycles. The number of aromatic nitrogens is 1. The standard InChI is InChI=1S/C11H20N2O/c1-10(2)14-8-6-12-9-11-5-4-7-13(11)3/h4-5,7,10,12H,6,8-9H2,1-3H3. The minimum atomic E-state index is 0.326. The van der Waals surface area contributed by atoms with Gasteiger partial charge in [0, 0.05) is 32.0 Å². The van der Waals surface area contributed by atoms with Gasteiger partial charge in [0.2, 0.25) is 0 Å². The fourth-order valence-corrected chi connectivity index (χ4v) is 1.26. The summed E-state index contributed by atoms with van der Waals surface area (Å²) >= 11 is 0. The van der Waals surface area contributed by atoms with Gasteiger partial charge >= 0.3 is 0 Å². The summed E-state index contributed by atoms with van der Waals surface area (Å²) < 4.78 is 7.54. The van der Waals surface area contributed by atoms with E-state index in [1.54, 1.807) is 0 Å². The summed E-state index contributed by atoms with van der Waals surface area (Å²) in [6.07, 6.45) is 2.38. The summed E-state index contributed by atoms with van der Waals surface area (Å²) in [7, 11) is 2.06. The Morgan fingerprint density at radius 2 is 2.29 bits per heavy atom. The van der Waals surface area contributed by atoms with Crippen LogP contribution in [-0.2, 0) is 18.3 Å². The number of rotatable bonds is 6. The molecule has 0 amide bonds. The first-order chi connectivity index (χ1) is 6.70. The van der Waals surface area contributed by atoms with E-state index in [0.717, 1.165) is 19.7 Å². The van der Waals surface area contributed by atoms with Crippen molar-refractivity contribution in [1.82, 2.24) is 9.88 Å². The Bertz CT molecular complexity index is 256. The van der Waals surface area contributed by atoms with Crippen molar-refractivity contribution in [3.05, 3.63) is 24.0 Å². The summed E-state index contributed by atoms with van der Waals surface area (Å²) in [6.45, 7) is 6.70. The Kier molecular flexibility index (Phi) is 4.70. The number of aryl methyl sites for hydroxylation is 1. The highest BCUT2D eigenvalue weighted by molar-refractivity contribution is 5.05. The van der Waals surface area contributed by atoms with Gasteiger partial charge in [0.1, 0.15) is 0 Å². The van der Waals surface area contributed by atoms with Crippen LogP contribution in [0, 0.1) is 0 Å². The van der Waals surface area contributed by atoms with Crippen LogP contribution in [0.3, 0.4) is 0 Å². The second-order valence-electron chi connectivity index (χ2n) is 3.71. The molecule has 0 radical (unpaired) electrons. The summed E-state index contributed by atoms with van der Waals surface area (Å²) in [4.78, 5) is 0. The molecular formula is C11H20N2O. The quantitative estimate of drug-likeness (QED) is 0.698. The molecule has 0 spiro atoms. The summed E-state index contributed by atoms with van der Waals surface area (Å²) in [5.74, 6) is 0. The highest BCUT2D eigenvalue weighted by atomic mass is 16.5. The van der Waals surface area contributed by atoms with Gasteiger partial charge in [-0.25, -0.2) is 0 Å². The van der Waals surface area contributed by atoms with Crippen molar-refractivity contribution in [2.45, 2.75) is 26.5 Å². The third-order valence-electron chi connectivity index (χ3n) is 2.09. The van der Waals surface area contributed by atoms with Crippen LogP contribution in [0.4, 0.5) is 0 Å². The van der Waals surface area contributed by atoms with Crippen molar-refractivity contribution < 1.29 is 4.74 Å². The van der Waals surface area contributed by atoms with Crippen molar-refractivity contribution in [3.8, 4) is 0 Å². The first-order valence-corrected chi connectivity index (χ1v) is 5.12. The fourth-order valence-electron chi connectivity index (χ4n) is 1.26. The molecule has 3 heteroatoms. The van der Waals surface area contributed by atoms with E-state index in [0.29, 0.717) is 6.10 Å². The molecule has 1 N–H and O–H groups in total. The molecule has 14 heavy (non-hydrogen) atoms. The molecule has 0 fully saturated rings. The smallest absolute Gasteiger partial charge is 0.0594 e. The van der Waals surface area contributed by atoms with E-state index in [4.69, 9.17) is 4.74 Å². The minimum Gasteiger partial charge on any atom is -0.377 e. The second kappa shape index (κ2) is 5.83. The first kappa shape index (κ1) is 11.3. The molecule has 0 aliphatic heterocycles. The molecule has 0 bridgehead atoms. The predicted molar refractivity (Wildman–Crippen MR) is 58.2 cm³/mol. The second-order valence-corrected chi connectivity index (χ2v) is 3.71. The summed E-state index contributed by atoms with van der Waals surface area (Å²) in [6, 6.07) is 4.18. The van der Waals surface area contributed by atoms with E-state index in [1.807, 2.05) is 0 Å². The lowest BCUT2D eigenvalue weighted by Crippen LogP contribution is -2.21. The molecule has 0 saturated carbocycles. The van der Waals surface area contributed by atoms with Crippen LogP contribution < -0.4 is 5.32 Å². The molecule has 1 rings (SSSR count). The van der Waals surface area contributed by atoms with E-state index in [1.165, 1.54) is 5.69 Å². The fraction of sp³-hybridized carbons (Fsp3) is 0.636. The monoisotopic (exact) mass is 196 g/mol. The van der Waals surface area contributed by atoms with Crippen molar-refractivity contribution in [2.75, 3.05) is 13.2 Å². The average molecular weight is 196 g/mol. The van der Waals surface area contributed by atoms with Crippen LogP contribution in [-0.4, -0.2) is 23.8 Å². The largest absolute Gasteiger partial charge is 0.377 e. The van der Waals surface area contributed by atoms with Gasteiger partial charge in [-0.05, 0) is 26.0 Å². The Morgan fingerprint density at radius 1 is 1.50 bits per heavy atom. The van der Waals surface area contributed by atoms with Gasteiger partial charge in [0.05, 0.1) is 12.7 Å². The SMILES string of the molecule is CC(C)OCCNCc1cccn1C. The number of nitrogens with zero attached hydrogens (tertiary/aromatic N) is 1. The maximum absolute atomic E-state index is 5.42. The predicted octanol–water partition coefficient (Wildman–Crippen LogP) is 1.54. The van der Waals surface area contributed by atoms with E-state index < -0.39 is 0 Å². The van der Waals surface area contributed by atoms with Crippen LogP contribution in [0.2, 0.25) is 0 Å². The number of hydrogen-bond acceptors (Lipinski definition) is 2. The van der Waals surface area contributed by atoms with Crippen molar-refractivity contribution in [2.24, 2.45) is 7.05 Å². The van der Waals surface area contributed by atoms with Gasteiger partial charge < -0.3 is 14.6 Å².